The van der Waals surface area contributed by atoms with E-state index < -0.39 is 0 Å². The number of rotatable bonds is 5. The fourth-order valence-corrected chi connectivity index (χ4v) is 1.17. The molecule has 1 aromatic carbocycles. The van der Waals surface area contributed by atoms with Gasteiger partial charge in [0.05, 0.1) is 5.29 Å². The summed E-state index contributed by atoms with van der Waals surface area (Å²) in [5, 5.41) is 4.46. The van der Waals surface area contributed by atoms with Crippen molar-refractivity contribution in [3.63, 3.8) is 0 Å². The highest BCUT2D eigenvalue weighted by molar-refractivity contribution is 5.14. The molecule has 0 aliphatic rings. The fourth-order valence-electron chi connectivity index (χ4n) is 1.17. The van der Waals surface area contributed by atoms with Crippen molar-refractivity contribution in [3.8, 4) is 0 Å². The van der Waals surface area contributed by atoms with Gasteiger partial charge in [0.25, 0.3) is 0 Å². The summed E-state index contributed by atoms with van der Waals surface area (Å²) in [7, 11) is 0. The van der Waals surface area contributed by atoms with Gasteiger partial charge in [-0.3, -0.25) is 0 Å². The van der Waals surface area contributed by atoms with E-state index in [2.05, 4.69) is 10.8 Å². The second kappa shape index (κ2) is 5.34. The van der Waals surface area contributed by atoms with Crippen LogP contribution in [0, 0.1) is 4.91 Å². The smallest absolute Gasteiger partial charge is 0.0658 e. The van der Waals surface area contributed by atoms with E-state index in [0.29, 0.717) is 6.54 Å². The Bertz CT molecular complexity index is 274. The second-order valence-electron chi connectivity index (χ2n) is 3.40. The lowest BCUT2D eigenvalue weighted by atomic mass is 10.2. The van der Waals surface area contributed by atoms with Crippen molar-refractivity contribution in [2.75, 3.05) is 0 Å². The molecule has 1 N–H and O–H groups in total. The quantitative estimate of drug-likeness (QED) is 0.575. The first kappa shape index (κ1) is 10.7. The predicted octanol–water partition coefficient (Wildman–Crippen LogP) is 2.08. The molecule has 0 fully saturated rings. The van der Waals surface area contributed by atoms with Crippen LogP contribution in [-0.4, -0.2) is 11.1 Å². The molecule has 0 amide bonds. The zero-order valence-electron chi connectivity index (χ0n) is 8.47. The van der Waals surface area contributed by atoms with Crippen LogP contribution in [-0.2, 0) is 6.54 Å². The minimum atomic E-state index is 0.230. The lowest BCUT2D eigenvalue weighted by Crippen LogP contribution is -2.39. The molecule has 4 heteroatoms. The second-order valence-corrected chi connectivity index (χ2v) is 3.40. The maximum absolute atomic E-state index is 10.1. The normalized spacial score (nSPS) is 10.6. The summed E-state index contributed by atoms with van der Waals surface area (Å²) in [6.07, 6.45) is 0. The molecular formula is C10H15N3O. The van der Waals surface area contributed by atoms with E-state index in [4.69, 9.17) is 0 Å². The summed E-state index contributed by atoms with van der Waals surface area (Å²) in [6.45, 7) is 4.67. The van der Waals surface area contributed by atoms with Crippen molar-refractivity contribution in [3.05, 3.63) is 40.8 Å². The van der Waals surface area contributed by atoms with Crippen molar-refractivity contribution in [1.29, 1.82) is 0 Å². The zero-order valence-corrected chi connectivity index (χ0v) is 8.47. The van der Waals surface area contributed by atoms with E-state index in [-0.39, 0.29) is 6.04 Å². The topological polar surface area (TPSA) is 44.7 Å². The maximum atomic E-state index is 10.1. The number of nitrogens with zero attached hydrogens (tertiary/aromatic N) is 2. The standard InChI is InChI=1S/C10H15N3O/c1-9(2)13(11-12-14)8-10-6-4-3-5-7-10/h3-7,9H,8H2,1-2H3,(H,11,14). The summed E-state index contributed by atoms with van der Waals surface area (Å²) in [5.41, 5.74) is 3.58. The summed E-state index contributed by atoms with van der Waals surface area (Å²) in [5.74, 6) is 0. The average molecular weight is 193 g/mol. The first-order chi connectivity index (χ1) is 6.74. The third-order valence-corrected chi connectivity index (χ3v) is 1.99. The first-order valence-electron chi connectivity index (χ1n) is 4.62. The van der Waals surface area contributed by atoms with Gasteiger partial charge < -0.3 is 0 Å². The molecule has 0 aromatic heterocycles. The molecule has 14 heavy (non-hydrogen) atoms. The third-order valence-electron chi connectivity index (χ3n) is 1.99. The van der Waals surface area contributed by atoms with Gasteiger partial charge in [-0.15, -0.1) is 4.91 Å². The Morgan fingerprint density at radius 3 is 2.50 bits per heavy atom. The molecule has 0 unspecified atom stereocenters. The number of hydrazine groups is 1. The SMILES string of the molecule is CC(C)N(Cc1ccccc1)NN=O. The van der Waals surface area contributed by atoms with Crippen LogP contribution in [0.5, 0.6) is 0 Å². The van der Waals surface area contributed by atoms with Gasteiger partial charge in [-0.05, 0) is 19.4 Å². The van der Waals surface area contributed by atoms with E-state index in [1.807, 2.05) is 44.2 Å². The molecular weight excluding hydrogens is 178 g/mol. The molecule has 76 valence electrons. The Balaban J connectivity index is 2.60. The minimum absolute atomic E-state index is 0.230. The van der Waals surface area contributed by atoms with Gasteiger partial charge in [0.2, 0.25) is 0 Å². The van der Waals surface area contributed by atoms with E-state index in [1.54, 1.807) is 5.01 Å². The predicted molar refractivity (Wildman–Crippen MR) is 56.1 cm³/mol. The van der Waals surface area contributed by atoms with Crippen LogP contribution in [0.3, 0.4) is 0 Å². The molecule has 0 heterocycles. The van der Waals surface area contributed by atoms with E-state index in [1.165, 1.54) is 0 Å². The number of hydrogen-bond acceptors (Lipinski definition) is 3. The summed E-state index contributed by atoms with van der Waals surface area (Å²) < 4.78 is 0. The van der Waals surface area contributed by atoms with Crippen molar-refractivity contribution >= 4 is 0 Å². The van der Waals surface area contributed by atoms with Crippen LogP contribution in [0.15, 0.2) is 35.6 Å². The zero-order chi connectivity index (χ0) is 10.4. The lowest BCUT2D eigenvalue weighted by Gasteiger charge is -2.23. The molecule has 0 radical (unpaired) electrons. The van der Waals surface area contributed by atoms with Crippen LogP contribution >= 0.6 is 0 Å². The Morgan fingerprint density at radius 2 is 2.00 bits per heavy atom. The average Bonchev–Trinajstić information content (AvgIpc) is 2.18. The Morgan fingerprint density at radius 1 is 1.36 bits per heavy atom. The van der Waals surface area contributed by atoms with Crippen molar-refractivity contribution < 1.29 is 0 Å². The number of benzene rings is 1. The van der Waals surface area contributed by atoms with Crippen LogP contribution < -0.4 is 5.53 Å². The molecule has 0 bridgehead atoms. The lowest BCUT2D eigenvalue weighted by molar-refractivity contribution is 0.136. The summed E-state index contributed by atoms with van der Waals surface area (Å²) in [6, 6.07) is 10.2. The fraction of sp³-hybridized carbons (Fsp3) is 0.400. The van der Waals surface area contributed by atoms with E-state index in [0.717, 1.165) is 5.56 Å². The largest absolute Gasteiger partial charge is 0.203 e. The van der Waals surface area contributed by atoms with E-state index >= 15 is 0 Å². The molecule has 0 aliphatic heterocycles. The van der Waals surface area contributed by atoms with Gasteiger partial charge in [-0.25, -0.2) is 5.53 Å². The number of nitroso groups, excluding NO2 is 1. The van der Waals surface area contributed by atoms with Gasteiger partial charge in [0.1, 0.15) is 0 Å². The highest BCUT2D eigenvalue weighted by atomic mass is 16.3. The molecule has 0 saturated carbocycles. The van der Waals surface area contributed by atoms with Gasteiger partial charge >= 0.3 is 0 Å². The van der Waals surface area contributed by atoms with Crippen LogP contribution in [0.25, 0.3) is 0 Å². The number of hydrogen-bond donors (Lipinski definition) is 1. The molecule has 0 atom stereocenters. The molecule has 1 aromatic rings. The monoisotopic (exact) mass is 193 g/mol. The van der Waals surface area contributed by atoms with Gasteiger partial charge in [0, 0.05) is 12.6 Å². The van der Waals surface area contributed by atoms with Crippen molar-refractivity contribution in [1.82, 2.24) is 10.5 Å². The Hall–Kier alpha value is -1.42. The van der Waals surface area contributed by atoms with Crippen molar-refractivity contribution in [2.24, 2.45) is 5.29 Å². The van der Waals surface area contributed by atoms with Crippen LogP contribution in [0.4, 0.5) is 0 Å². The van der Waals surface area contributed by atoms with Gasteiger partial charge in [0.15, 0.2) is 0 Å². The van der Waals surface area contributed by atoms with E-state index in [9.17, 15) is 4.91 Å². The maximum Gasteiger partial charge on any atom is 0.0658 e. The third kappa shape index (κ3) is 3.14. The minimum Gasteiger partial charge on any atom is -0.203 e. The molecule has 0 spiro atoms. The molecule has 4 nitrogen and oxygen atoms in total. The van der Waals surface area contributed by atoms with Gasteiger partial charge in [-0.2, -0.15) is 5.01 Å². The highest BCUT2D eigenvalue weighted by Crippen LogP contribution is 2.05. The van der Waals surface area contributed by atoms with Gasteiger partial charge in [-0.1, -0.05) is 30.3 Å². The van der Waals surface area contributed by atoms with Crippen LogP contribution in [0.2, 0.25) is 0 Å². The first-order valence-corrected chi connectivity index (χ1v) is 4.62. The summed E-state index contributed by atoms with van der Waals surface area (Å²) in [4.78, 5) is 10.1. The Kier molecular flexibility index (Phi) is 4.07. The van der Waals surface area contributed by atoms with Crippen LogP contribution in [0.1, 0.15) is 19.4 Å². The molecule has 0 aliphatic carbocycles. The Labute approximate surface area is 83.8 Å². The molecule has 1 rings (SSSR count). The highest BCUT2D eigenvalue weighted by Gasteiger charge is 2.08. The summed E-state index contributed by atoms with van der Waals surface area (Å²) >= 11 is 0. The van der Waals surface area contributed by atoms with Crippen molar-refractivity contribution in [2.45, 2.75) is 26.4 Å². The molecule has 0 saturated heterocycles. The number of nitrogens with one attached hydrogen (secondary N) is 1.